The molecule has 0 aromatic heterocycles. The highest BCUT2D eigenvalue weighted by atomic mass is 15.2. The predicted molar refractivity (Wildman–Crippen MR) is 266 cm³/mol. The van der Waals surface area contributed by atoms with Crippen LogP contribution in [0.5, 0.6) is 0 Å². The first-order chi connectivity index (χ1) is 31.7. The molecule has 6 aliphatic rings. The van der Waals surface area contributed by atoms with E-state index in [0.717, 1.165) is 12.8 Å². The van der Waals surface area contributed by atoms with Gasteiger partial charge in [0.1, 0.15) is 0 Å². The van der Waals surface area contributed by atoms with Crippen LogP contribution in [-0.4, -0.2) is 6.04 Å². The normalized spacial score (nSPS) is 20.2. The van der Waals surface area contributed by atoms with Crippen molar-refractivity contribution in [1.82, 2.24) is 0 Å². The van der Waals surface area contributed by atoms with E-state index in [1.54, 1.807) is 0 Å². The fourth-order valence-electron chi connectivity index (χ4n) is 11.9. The summed E-state index contributed by atoms with van der Waals surface area (Å²) < 4.78 is 0. The predicted octanol–water partition coefficient (Wildman–Crippen LogP) is 15.1. The lowest BCUT2D eigenvalue weighted by Gasteiger charge is -2.41. The van der Waals surface area contributed by atoms with Crippen LogP contribution in [0.15, 0.2) is 248 Å². The maximum Gasteiger partial charge on any atom is 0.0557 e. The maximum atomic E-state index is 2.65. The number of benzene rings is 7. The molecule has 5 aliphatic carbocycles. The van der Waals surface area contributed by atoms with Crippen molar-refractivity contribution in [3.8, 4) is 22.3 Å². The minimum absolute atomic E-state index is 0.159. The number of hydrogen-bond acceptors (Lipinski definition) is 2. The Hall–Kier alpha value is -7.68. The molecule has 0 N–H and O–H groups in total. The first-order valence-electron chi connectivity index (χ1n) is 22.8. The highest BCUT2D eigenvalue weighted by molar-refractivity contribution is 5.93. The van der Waals surface area contributed by atoms with Crippen molar-refractivity contribution in [3.05, 3.63) is 281 Å². The molecule has 64 heavy (non-hydrogen) atoms. The molecule has 0 saturated heterocycles. The quantitative estimate of drug-likeness (QED) is 0.165. The number of hydrogen-bond donors (Lipinski definition) is 0. The van der Waals surface area contributed by atoms with Crippen molar-refractivity contribution in [2.24, 2.45) is 5.92 Å². The van der Waals surface area contributed by atoms with Crippen molar-refractivity contribution in [3.63, 3.8) is 0 Å². The van der Waals surface area contributed by atoms with E-state index in [1.807, 2.05) is 0 Å². The van der Waals surface area contributed by atoms with Crippen molar-refractivity contribution < 1.29 is 0 Å². The summed E-state index contributed by atoms with van der Waals surface area (Å²) in [6.45, 7) is 0. The first-order valence-corrected chi connectivity index (χ1v) is 22.8. The molecule has 3 unspecified atom stereocenters. The lowest BCUT2D eigenvalue weighted by Crippen LogP contribution is -2.39. The van der Waals surface area contributed by atoms with Gasteiger partial charge >= 0.3 is 0 Å². The number of fused-ring (bicyclic) bond motifs is 13. The zero-order valence-corrected chi connectivity index (χ0v) is 35.6. The van der Waals surface area contributed by atoms with Gasteiger partial charge in [0.2, 0.25) is 0 Å². The van der Waals surface area contributed by atoms with Gasteiger partial charge in [-0.05, 0) is 134 Å². The van der Waals surface area contributed by atoms with Gasteiger partial charge in [-0.15, -0.1) is 0 Å². The molecule has 0 saturated carbocycles. The van der Waals surface area contributed by atoms with E-state index in [2.05, 4.69) is 246 Å². The largest absolute Gasteiger partial charge is 0.338 e. The molecule has 0 amide bonds. The molecule has 1 heterocycles. The van der Waals surface area contributed by atoms with Crippen LogP contribution in [0.3, 0.4) is 0 Å². The van der Waals surface area contributed by atoms with E-state index in [-0.39, 0.29) is 23.3 Å². The molecule has 0 radical (unpaired) electrons. The van der Waals surface area contributed by atoms with E-state index in [0.29, 0.717) is 0 Å². The summed E-state index contributed by atoms with van der Waals surface area (Å²) in [6, 6.07) is 65.7. The third-order valence-corrected chi connectivity index (χ3v) is 14.7. The molecule has 3 atom stereocenters. The monoisotopic (exact) mass is 818 g/mol. The number of rotatable bonds is 6. The minimum atomic E-state index is -0.269. The van der Waals surface area contributed by atoms with Crippen LogP contribution in [0, 0.1) is 5.92 Å². The second kappa shape index (κ2) is 14.7. The van der Waals surface area contributed by atoms with E-state index in [1.165, 1.54) is 95.2 Å². The fourth-order valence-corrected chi connectivity index (χ4v) is 11.9. The molecule has 7 aromatic carbocycles. The summed E-state index contributed by atoms with van der Waals surface area (Å²) in [4.78, 5) is 5.04. The summed E-state index contributed by atoms with van der Waals surface area (Å²) in [7, 11) is 0. The number of nitrogens with zero attached hydrogens (tertiary/aromatic N) is 2. The minimum Gasteiger partial charge on any atom is -0.338 e. The van der Waals surface area contributed by atoms with Crippen LogP contribution in [0.4, 0.5) is 17.1 Å². The summed E-state index contributed by atoms with van der Waals surface area (Å²) in [5.74, 6) is 0.454. The van der Waals surface area contributed by atoms with Crippen LogP contribution in [0.1, 0.15) is 52.1 Å². The second-order valence-electron chi connectivity index (χ2n) is 17.9. The molecular formula is C62H46N2. The van der Waals surface area contributed by atoms with Gasteiger partial charge in [-0.1, -0.05) is 182 Å². The standard InChI is InChI=1S/C62H46N2/c1-3-15-42(16-4-1)43-27-32-48(33-28-43)63(49-34-29-44(30-35-49)45-31-38-61-56(40-45)46-17-7-8-20-50(39-46)64(61)47-18-5-2-6-19-47)51-36-37-55-54-23-11-14-26-59(54)62(60(55)41-51)57-24-12-9-21-52(57)53-22-10-13-25-58(53)62/h1-32,34-40,46,48,60H,33,41H2. The Morgan fingerprint density at radius 2 is 1.20 bits per heavy atom. The van der Waals surface area contributed by atoms with E-state index in [9.17, 15) is 0 Å². The van der Waals surface area contributed by atoms with Gasteiger partial charge in [0.05, 0.1) is 17.1 Å². The molecule has 13 rings (SSSR count). The molecule has 2 nitrogen and oxygen atoms in total. The lowest BCUT2D eigenvalue weighted by atomic mass is 9.65. The molecule has 1 aliphatic heterocycles. The Labute approximate surface area is 376 Å². The smallest absolute Gasteiger partial charge is 0.0557 e. The third-order valence-electron chi connectivity index (χ3n) is 14.7. The van der Waals surface area contributed by atoms with Crippen LogP contribution < -0.4 is 9.80 Å². The molecular weight excluding hydrogens is 773 g/mol. The molecule has 2 bridgehead atoms. The van der Waals surface area contributed by atoms with Crippen LogP contribution >= 0.6 is 0 Å². The summed E-state index contributed by atoms with van der Waals surface area (Å²) in [6.07, 6.45) is 25.2. The molecule has 1 spiro atoms. The number of anilines is 3. The van der Waals surface area contributed by atoms with Crippen molar-refractivity contribution in [2.75, 3.05) is 9.80 Å². The summed E-state index contributed by atoms with van der Waals surface area (Å²) >= 11 is 0. The van der Waals surface area contributed by atoms with Crippen LogP contribution in [0.25, 0.3) is 33.4 Å². The van der Waals surface area contributed by atoms with Crippen molar-refractivity contribution in [1.29, 1.82) is 0 Å². The Balaban J connectivity index is 0.902. The second-order valence-corrected chi connectivity index (χ2v) is 17.9. The first kappa shape index (κ1) is 36.9. The SMILES string of the molecule is C1=CC2=CC(C=C1)c1cc(-c3ccc(N(C4=CC=C5c6ccccc6C6(c7ccccc7-c7ccccc76)C5C4)C4C=CC(c5ccccc5)=CC4)cc3)ccc1N2c1ccccc1. The molecule has 2 heteroatoms. The van der Waals surface area contributed by atoms with E-state index < -0.39 is 0 Å². The lowest BCUT2D eigenvalue weighted by molar-refractivity contribution is 0.476. The summed E-state index contributed by atoms with van der Waals surface area (Å²) in [5, 5.41) is 0. The fraction of sp³-hybridized carbons (Fsp3) is 0.0968. The van der Waals surface area contributed by atoms with Gasteiger partial charge in [0.15, 0.2) is 0 Å². The average molecular weight is 819 g/mol. The number of allylic oxidation sites excluding steroid dienone is 11. The van der Waals surface area contributed by atoms with Gasteiger partial charge < -0.3 is 9.80 Å². The average Bonchev–Trinajstić information content (AvgIpc) is 3.72. The maximum absolute atomic E-state index is 2.65. The molecule has 304 valence electrons. The highest BCUT2D eigenvalue weighted by Crippen LogP contribution is 2.66. The van der Waals surface area contributed by atoms with Gasteiger partial charge in [0, 0.05) is 34.6 Å². The summed E-state index contributed by atoms with van der Waals surface area (Å²) in [5.41, 5.74) is 22.1. The van der Waals surface area contributed by atoms with E-state index in [4.69, 9.17) is 0 Å². The van der Waals surface area contributed by atoms with Gasteiger partial charge in [-0.25, -0.2) is 0 Å². The van der Waals surface area contributed by atoms with Crippen LogP contribution in [0.2, 0.25) is 0 Å². The number of para-hydroxylation sites is 1. The Kier molecular flexibility index (Phi) is 8.49. The van der Waals surface area contributed by atoms with E-state index >= 15 is 0 Å². The third kappa shape index (κ3) is 5.58. The van der Waals surface area contributed by atoms with Crippen molar-refractivity contribution in [2.45, 2.75) is 30.2 Å². The van der Waals surface area contributed by atoms with Gasteiger partial charge in [0.25, 0.3) is 0 Å². The van der Waals surface area contributed by atoms with Crippen LogP contribution in [-0.2, 0) is 5.41 Å². The zero-order chi connectivity index (χ0) is 42.2. The van der Waals surface area contributed by atoms with Crippen molar-refractivity contribution >= 4 is 28.2 Å². The molecule has 7 aromatic rings. The van der Waals surface area contributed by atoms with Gasteiger partial charge in [-0.3, -0.25) is 0 Å². The Morgan fingerprint density at radius 3 is 1.92 bits per heavy atom. The van der Waals surface area contributed by atoms with Gasteiger partial charge in [-0.2, -0.15) is 0 Å². The Bertz CT molecular complexity index is 3180. The topological polar surface area (TPSA) is 6.48 Å². The Morgan fingerprint density at radius 1 is 0.547 bits per heavy atom. The zero-order valence-electron chi connectivity index (χ0n) is 35.6. The molecule has 0 fully saturated rings. The highest BCUT2D eigenvalue weighted by Gasteiger charge is 2.56.